The summed E-state index contributed by atoms with van der Waals surface area (Å²) in [7, 11) is 0. The molecule has 1 atom stereocenters. The van der Waals surface area contributed by atoms with E-state index >= 15 is 0 Å². The summed E-state index contributed by atoms with van der Waals surface area (Å²) in [6.07, 6.45) is -0.460. The molecule has 1 unspecified atom stereocenters. The summed E-state index contributed by atoms with van der Waals surface area (Å²) in [6, 6.07) is 7.84. The third-order valence-electron chi connectivity index (χ3n) is 3.14. The molecule has 1 heterocycles. The molecular weight excluding hydrogens is 242 g/mol. The van der Waals surface area contributed by atoms with Crippen LogP contribution in [0.15, 0.2) is 24.3 Å². The molecule has 0 N–H and O–H groups in total. The van der Waals surface area contributed by atoms with Gasteiger partial charge in [0.1, 0.15) is 12.4 Å². The zero-order chi connectivity index (χ0) is 14.0. The second kappa shape index (κ2) is 5.11. The van der Waals surface area contributed by atoms with Crippen molar-refractivity contribution in [3.05, 3.63) is 29.8 Å². The Balaban J connectivity index is 1.88. The number of benzene rings is 1. The first kappa shape index (κ1) is 13.7. The highest BCUT2D eigenvalue weighted by Crippen LogP contribution is 2.22. The van der Waals surface area contributed by atoms with Gasteiger partial charge in [-0.3, -0.25) is 4.90 Å². The first-order chi connectivity index (χ1) is 8.86. The highest BCUT2D eigenvalue weighted by atomic mass is 16.6. The van der Waals surface area contributed by atoms with E-state index in [9.17, 15) is 4.79 Å². The van der Waals surface area contributed by atoms with Gasteiger partial charge in [-0.15, -0.1) is 0 Å². The van der Waals surface area contributed by atoms with Gasteiger partial charge in [0.25, 0.3) is 0 Å². The molecule has 0 aromatic heterocycles. The quantitative estimate of drug-likeness (QED) is 0.841. The topological polar surface area (TPSA) is 38.8 Å². The van der Waals surface area contributed by atoms with Crippen LogP contribution in [0.2, 0.25) is 0 Å². The number of ether oxygens (including phenoxy) is 2. The lowest BCUT2D eigenvalue weighted by molar-refractivity contribution is 0.0993. The number of aryl methyl sites for hydroxylation is 1. The second-order valence-electron chi connectivity index (χ2n) is 5.91. The Kier molecular flexibility index (Phi) is 3.69. The highest BCUT2D eigenvalue weighted by Gasteiger charge is 2.38. The van der Waals surface area contributed by atoms with E-state index in [1.54, 1.807) is 4.90 Å². The molecule has 4 nitrogen and oxygen atoms in total. The summed E-state index contributed by atoms with van der Waals surface area (Å²) < 4.78 is 11.0. The minimum Gasteiger partial charge on any atom is -0.490 e. The first-order valence-electron chi connectivity index (χ1n) is 6.54. The Bertz CT molecular complexity index is 447. The van der Waals surface area contributed by atoms with Crippen molar-refractivity contribution in [1.29, 1.82) is 0 Å². The molecule has 1 fully saturated rings. The van der Waals surface area contributed by atoms with Crippen molar-refractivity contribution in [2.75, 3.05) is 13.2 Å². The van der Waals surface area contributed by atoms with Crippen LogP contribution in [0, 0.1) is 6.92 Å². The molecule has 0 spiro atoms. The Morgan fingerprint density at radius 2 is 1.95 bits per heavy atom. The largest absolute Gasteiger partial charge is 0.490 e. The lowest BCUT2D eigenvalue weighted by atomic mass is 10.1. The number of carbonyl (C=O) groups is 1. The van der Waals surface area contributed by atoms with Crippen molar-refractivity contribution in [2.24, 2.45) is 0 Å². The van der Waals surface area contributed by atoms with Crippen molar-refractivity contribution in [2.45, 2.75) is 39.3 Å². The van der Waals surface area contributed by atoms with Gasteiger partial charge in [-0.05, 0) is 39.8 Å². The molecule has 0 saturated carbocycles. The van der Waals surface area contributed by atoms with E-state index < -0.39 is 0 Å². The molecule has 0 aliphatic carbocycles. The molecule has 0 radical (unpaired) electrons. The van der Waals surface area contributed by atoms with Crippen LogP contribution < -0.4 is 4.74 Å². The third kappa shape index (κ3) is 3.40. The van der Waals surface area contributed by atoms with Crippen LogP contribution in [-0.2, 0) is 4.74 Å². The molecular formula is C15H21NO3. The minimum absolute atomic E-state index is 0.201. The van der Waals surface area contributed by atoms with Gasteiger partial charge in [0, 0.05) is 5.54 Å². The van der Waals surface area contributed by atoms with E-state index in [4.69, 9.17) is 9.47 Å². The molecule has 1 aliphatic rings. The van der Waals surface area contributed by atoms with E-state index in [1.165, 1.54) is 5.56 Å². The molecule has 19 heavy (non-hydrogen) atoms. The smallest absolute Gasteiger partial charge is 0.410 e. The van der Waals surface area contributed by atoms with Crippen LogP contribution in [0.3, 0.4) is 0 Å². The van der Waals surface area contributed by atoms with Gasteiger partial charge in [-0.2, -0.15) is 0 Å². The number of amides is 1. The minimum atomic E-state index is -0.259. The number of carbonyl (C=O) groups excluding carboxylic acids is 1. The van der Waals surface area contributed by atoms with Crippen molar-refractivity contribution in [3.63, 3.8) is 0 Å². The van der Waals surface area contributed by atoms with E-state index in [0.717, 1.165) is 5.75 Å². The van der Waals surface area contributed by atoms with Gasteiger partial charge in [0.05, 0.1) is 6.54 Å². The number of hydrogen-bond donors (Lipinski definition) is 0. The summed E-state index contributed by atoms with van der Waals surface area (Å²) >= 11 is 0. The first-order valence-corrected chi connectivity index (χ1v) is 6.54. The van der Waals surface area contributed by atoms with E-state index in [0.29, 0.717) is 13.2 Å². The van der Waals surface area contributed by atoms with Crippen molar-refractivity contribution in [3.8, 4) is 5.75 Å². The van der Waals surface area contributed by atoms with Crippen molar-refractivity contribution in [1.82, 2.24) is 4.90 Å². The van der Waals surface area contributed by atoms with Gasteiger partial charge < -0.3 is 9.47 Å². The molecule has 104 valence electrons. The molecule has 1 saturated heterocycles. The van der Waals surface area contributed by atoms with Crippen LogP contribution in [0.25, 0.3) is 0 Å². The van der Waals surface area contributed by atoms with Gasteiger partial charge in [0.2, 0.25) is 0 Å². The van der Waals surface area contributed by atoms with Crippen LogP contribution in [0.1, 0.15) is 26.3 Å². The zero-order valence-electron chi connectivity index (χ0n) is 12.0. The van der Waals surface area contributed by atoms with Crippen molar-refractivity contribution >= 4 is 6.09 Å². The predicted octanol–water partition coefficient (Wildman–Crippen LogP) is 2.99. The van der Waals surface area contributed by atoms with Gasteiger partial charge >= 0.3 is 6.09 Å². The molecule has 1 aromatic carbocycles. The number of cyclic esters (lactones) is 1. The molecule has 1 aliphatic heterocycles. The highest BCUT2D eigenvalue weighted by molar-refractivity contribution is 5.70. The van der Waals surface area contributed by atoms with Crippen LogP contribution in [0.4, 0.5) is 4.79 Å². The predicted molar refractivity (Wildman–Crippen MR) is 73.4 cm³/mol. The lowest BCUT2D eigenvalue weighted by Crippen LogP contribution is -2.42. The Morgan fingerprint density at radius 1 is 1.32 bits per heavy atom. The van der Waals surface area contributed by atoms with E-state index in [-0.39, 0.29) is 17.7 Å². The van der Waals surface area contributed by atoms with Gasteiger partial charge in [0.15, 0.2) is 6.10 Å². The Morgan fingerprint density at radius 3 is 2.47 bits per heavy atom. The summed E-state index contributed by atoms with van der Waals surface area (Å²) in [4.78, 5) is 13.5. The average molecular weight is 263 g/mol. The third-order valence-corrected chi connectivity index (χ3v) is 3.14. The Labute approximate surface area is 114 Å². The van der Waals surface area contributed by atoms with E-state index in [2.05, 4.69) is 0 Å². The molecule has 4 heteroatoms. The SMILES string of the molecule is Cc1ccc(OCC2CN(C(C)(C)C)C(=O)O2)cc1. The maximum absolute atomic E-state index is 11.7. The standard InChI is InChI=1S/C15H21NO3/c1-11-5-7-12(8-6-11)18-10-13-9-16(14(17)19-13)15(2,3)4/h5-8,13H,9-10H2,1-4H3. The number of hydrogen-bond acceptors (Lipinski definition) is 3. The van der Waals surface area contributed by atoms with Gasteiger partial charge in [-0.1, -0.05) is 17.7 Å². The molecule has 2 rings (SSSR count). The number of rotatable bonds is 3. The average Bonchev–Trinajstić information content (AvgIpc) is 2.70. The van der Waals surface area contributed by atoms with Crippen LogP contribution in [0.5, 0.6) is 5.75 Å². The second-order valence-corrected chi connectivity index (χ2v) is 5.91. The summed E-state index contributed by atoms with van der Waals surface area (Å²) in [5.74, 6) is 0.802. The van der Waals surface area contributed by atoms with Crippen LogP contribution >= 0.6 is 0 Å². The lowest BCUT2D eigenvalue weighted by Gasteiger charge is -2.29. The molecule has 1 amide bonds. The fourth-order valence-electron chi connectivity index (χ4n) is 1.98. The Hall–Kier alpha value is -1.71. The maximum Gasteiger partial charge on any atom is 0.410 e. The monoisotopic (exact) mass is 263 g/mol. The van der Waals surface area contributed by atoms with Crippen molar-refractivity contribution < 1.29 is 14.3 Å². The summed E-state index contributed by atoms with van der Waals surface area (Å²) in [5, 5.41) is 0. The van der Waals surface area contributed by atoms with E-state index in [1.807, 2.05) is 52.0 Å². The normalized spacial score (nSPS) is 19.5. The van der Waals surface area contributed by atoms with Crippen LogP contribution in [-0.4, -0.2) is 35.8 Å². The fourth-order valence-corrected chi connectivity index (χ4v) is 1.98. The molecule has 1 aromatic rings. The zero-order valence-corrected chi connectivity index (χ0v) is 12.0. The summed E-state index contributed by atoms with van der Waals surface area (Å²) in [5.41, 5.74) is 0.980. The summed E-state index contributed by atoms with van der Waals surface area (Å²) in [6.45, 7) is 8.99. The fraction of sp³-hybridized carbons (Fsp3) is 0.533. The number of nitrogens with zero attached hydrogens (tertiary/aromatic N) is 1. The maximum atomic E-state index is 11.7. The molecule has 0 bridgehead atoms. The van der Waals surface area contributed by atoms with Gasteiger partial charge in [-0.25, -0.2) is 4.79 Å².